The summed E-state index contributed by atoms with van der Waals surface area (Å²) in [7, 11) is 0. The van der Waals surface area contributed by atoms with E-state index in [9.17, 15) is 9.59 Å². The highest BCUT2D eigenvalue weighted by Gasteiger charge is 2.38. The number of anilines is 1. The van der Waals surface area contributed by atoms with Crippen LogP contribution in [-0.2, 0) is 0 Å². The molecule has 0 aromatic heterocycles. The first kappa shape index (κ1) is 20.4. The number of carbonyl (C=O) groups excluding carboxylic acids is 2. The number of rotatable bonds is 3. The smallest absolute Gasteiger partial charge is 0.256 e. The van der Waals surface area contributed by atoms with Gasteiger partial charge in [-0.05, 0) is 57.0 Å². The molecule has 2 aromatic carbocycles. The SMILES string of the molecule is Cc1cccc(C(=O)Nc2ccccc2C(=O)N2C3CCNCC2CC3)c1.Cl. The minimum absolute atomic E-state index is 0. The van der Waals surface area contributed by atoms with Gasteiger partial charge < -0.3 is 15.5 Å². The molecule has 2 aliphatic heterocycles. The van der Waals surface area contributed by atoms with Crippen LogP contribution >= 0.6 is 12.4 Å². The Balaban J connectivity index is 0.00000225. The Morgan fingerprint density at radius 2 is 1.82 bits per heavy atom. The summed E-state index contributed by atoms with van der Waals surface area (Å²) in [6.45, 7) is 3.76. The number of nitrogens with one attached hydrogen (secondary N) is 2. The van der Waals surface area contributed by atoms with Gasteiger partial charge in [-0.2, -0.15) is 0 Å². The van der Waals surface area contributed by atoms with Crippen molar-refractivity contribution < 1.29 is 9.59 Å². The molecule has 2 aliphatic rings. The lowest BCUT2D eigenvalue weighted by atomic mass is 10.1. The summed E-state index contributed by atoms with van der Waals surface area (Å²) in [5, 5.41) is 6.36. The quantitative estimate of drug-likeness (QED) is 0.828. The molecule has 2 amide bonds. The first-order valence-electron chi connectivity index (χ1n) is 9.64. The van der Waals surface area contributed by atoms with Gasteiger partial charge in [0, 0.05) is 24.2 Å². The van der Waals surface area contributed by atoms with Crippen LogP contribution in [0.3, 0.4) is 0 Å². The van der Waals surface area contributed by atoms with E-state index in [1.165, 1.54) is 0 Å². The van der Waals surface area contributed by atoms with Gasteiger partial charge in [0.1, 0.15) is 0 Å². The third-order valence-corrected chi connectivity index (χ3v) is 5.57. The Morgan fingerprint density at radius 3 is 2.64 bits per heavy atom. The van der Waals surface area contributed by atoms with E-state index in [0.717, 1.165) is 37.9 Å². The average Bonchev–Trinajstić information content (AvgIpc) is 2.94. The molecule has 2 N–H and O–H groups in total. The predicted molar refractivity (Wildman–Crippen MR) is 113 cm³/mol. The molecule has 2 atom stereocenters. The van der Waals surface area contributed by atoms with E-state index in [1.807, 2.05) is 48.2 Å². The Bertz CT molecular complexity index is 856. The van der Waals surface area contributed by atoms with Crippen LogP contribution in [0.25, 0.3) is 0 Å². The number of aryl methyl sites for hydroxylation is 1. The number of halogens is 1. The minimum Gasteiger partial charge on any atom is -0.331 e. The molecule has 4 rings (SSSR count). The van der Waals surface area contributed by atoms with E-state index < -0.39 is 0 Å². The fourth-order valence-corrected chi connectivity index (χ4v) is 4.21. The van der Waals surface area contributed by atoms with Gasteiger partial charge in [-0.1, -0.05) is 29.8 Å². The van der Waals surface area contributed by atoms with Crippen molar-refractivity contribution >= 4 is 29.9 Å². The topological polar surface area (TPSA) is 61.4 Å². The van der Waals surface area contributed by atoms with Gasteiger partial charge in [-0.3, -0.25) is 9.59 Å². The molecule has 2 fully saturated rings. The van der Waals surface area contributed by atoms with Crippen molar-refractivity contribution in [2.24, 2.45) is 0 Å². The van der Waals surface area contributed by atoms with Crippen LogP contribution in [0.4, 0.5) is 5.69 Å². The molecule has 2 heterocycles. The summed E-state index contributed by atoms with van der Waals surface area (Å²) in [6, 6.07) is 15.3. The number of para-hydroxylation sites is 1. The standard InChI is InChI=1S/C22H25N3O2.ClH/c1-15-5-4-6-16(13-15)21(26)24-20-8-3-2-7-19(20)22(27)25-17-9-10-18(25)14-23-12-11-17;/h2-8,13,17-18,23H,9-12,14H2,1H3,(H,24,26);1H. The van der Waals surface area contributed by atoms with Crippen molar-refractivity contribution in [3.63, 3.8) is 0 Å². The van der Waals surface area contributed by atoms with E-state index in [2.05, 4.69) is 10.6 Å². The second kappa shape index (κ2) is 8.76. The van der Waals surface area contributed by atoms with E-state index >= 15 is 0 Å². The third-order valence-electron chi connectivity index (χ3n) is 5.57. The number of benzene rings is 2. The summed E-state index contributed by atoms with van der Waals surface area (Å²) < 4.78 is 0. The van der Waals surface area contributed by atoms with Crippen LogP contribution in [-0.4, -0.2) is 41.9 Å². The minimum atomic E-state index is -0.195. The van der Waals surface area contributed by atoms with Crippen molar-refractivity contribution in [2.75, 3.05) is 18.4 Å². The Morgan fingerprint density at radius 1 is 1.04 bits per heavy atom. The Labute approximate surface area is 171 Å². The summed E-state index contributed by atoms with van der Waals surface area (Å²) >= 11 is 0. The fourth-order valence-electron chi connectivity index (χ4n) is 4.21. The van der Waals surface area contributed by atoms with Crippen molar-refractivity contribution in [3.8, 4) is 0 Å². The second-order valence-electron chi connectivity index (χ2n) is 7.46. The van der Waals surface area contributed by atoms with Crippen LogP contribution in [0.5, 0.6) is 0 Å². The lowest BCUT2D eigenvalue weighted by Gasteiger charge is -2.28. The van der Waals surface area contributed by atoms with Gasteiger partial charge >= 0.3 is 0 Å². The molecule has 2 saturated heterocycles. The van der Waals surface area contributed by atoms with Gasteiger partial charge in [0.2, 0.25) is 0 Å². The molecular formula is C22H26ClN3O2. The van der Waals surface area contributed by atoms with E-state index in [1.54, 1.807) is 12.1 Å². The number of fused-ring (bicyclic) bond motifs is 2. The molecule has 28 heavy (non-hydrogen) atoms. The van der Waals surface area contributed by atoms with Crippen molar-refractivity contribution in [1.82, 2.24) is 10.2 Å². The summed E-state index contributed by atoms with van der Waals surface area (Å²) in [4.78, 5) is 28.1. The van der Waals surface area contributed by atoms with Crippen molar-refractivity contribution in [3.05, 3.63) is 65.2 Å². The fraction of sp³-hybridized carbons (Fsp3) is 0.364. The molecule has 0 aliphatic carbocycles. The van der Waals surface area contributed by atoms with Gasteiger partial charge in [0.15, 0.2) is 0 Å². The highest BCUT2D eigenvalue weighted by molar-refractivity contribution is 6.09. The molecular weight excluding hydrogens is 374 g/mol. The summed E-state index contributed by atoms with van der Waals surface area (Å²) in [5.74, 6) is -0.175. The molecule has 148 valence electrons. The maximum absolute atomic E-state index is 13.4. The molecule has 0 saturated carbocycles. The lowest BCUT2D eigenvalue weighted by molar-refractivity contribution is 0.0681. The van der Waals surface area contributed by atoms with Gasteiger partial charge in [0.05, 0.1) is 11.3 Å². The second-order valence-corrected chi connectivity index (χ2v) is 7.46. The lowest BCUT2D eigenvalue weighted by Crippen LogP contribution is -2.42. The molecule has 2 aromatic rings. The predicted octanol–water partition coefficient (Wildman–Crippen LogP) is 3.64. The third kappa shape index (κ3) is 4.05. The first-order valence-corrected chi connectivity index (χ1v) is 9.64. The number of hydrogen-bond donors (Lipinski definition) is 2. The monoisotopic (exact) mass is 399 g/mol. The zero-order valence-corrected chi connectivity index (χ0v) is 16.8. The summed E-state index contributed by atoms with van der Waals surface area (Å²) in [5.41, 5.74) is 2.76. The van der Waals surface area contributed by atoms with E-state index in [0.29, 0.717) is 16.8 Å². The van der Waals surface area contributed by atoms with Crippen LogP contribution in [0, 0.1) is 6.92 Å². The van der Waals surface area contributed by atoms with Gasteiger partial charge in [-0.25, -0.2) is 0 Å². The molecule has 2 unspecified atom stereocenters. The van der Waals surface area contributed by atoms with Gasteiger partial charge in [-0.15, -0.1) is 12.4 Å². The highest BCUT2D eigenvalue weighted by atomic mass is 35.5. The van der Waals surface area contributed by atoms with E-state index in [-0.39, 0.29) is 36.3 Å². The average molecular weight is 400 g/mol. The molecule has 0 spiro atoms. The zero-order chi connectivity index (χ0) is 18.8. The van der Waals surface area contributed by atoms with E-state index in [4.69, 9.17) is 0 Å². The van der Waals surface area contributed by atoms with Crippen LogP contribution in [0.1, 0.15) is 45.5 Å². The van der Waals surface area contributed by atoms with Crippen LogP contribution in [0.2, 0.25) is 0 Å². The van der Waals surface area contributed by atoms with Crippen molar-refractivity contribution in [1.29, 1.82) is 0 Å². The Kier molecular flexibility index (Phi) is 6.37. The maximum Gasteiger partial charge on any atom is 0.256 e. The zero-order valence-electron chi connectivity index (χ0n) is 16.0. The molecule has 2 bridgehead atoms. The number of carbonyl (C=O) groups is 2. The number of amides is 2. The molecule has 0 radical (unpaired) electrons. The maximum atomic E-state index is 13.4. The first-order chi connectivity index (χ1) is 13.1. The molecule has 5 nitrogen and oxygen atoms in total. The molecule has 6 heteroatoms. The van der Waals surface area contributed by atoms with Crippen LogP contribution < -0.4 is 10.6 Å². The summed E-state index contributed by atoms with van der Waals surface area (Å²) in [6.07, 6.45) is 3.09. The normalized spacial score (nSPS) is 20.8. The highest BCUT2D eigenvalue weighted by Crippen LogP contribution is 2.31. The van der Waals surface area contributed by atoms with Gasteiger partial charge in [0.25, 0.3) is 11.8 Å². The number of nitrogens with zero attached hydrogens (tertiary/aromatic N) is 1. The van der Waals surface area contributed by atoms with Crippen molar-refractivity contribution in [2.45, 2.75) is 38.3 Å². The largest absolute Gasteiger partial charge is 0.331 e. The number of hydrogen-bond acceptors (Lipinski definition) is 3. The van der Waals surface area contributed by atoms with Crippen LogP contribution in [0.15, 0.2) is 48.5 Å². The Hall–Kier alpha value is -2.37.